The van der Waals surface area contributed by atoms with Crippen LogP contribution in [0.3, 0.4) is 0 Å². The third kappa shape index (κ3) is 4.06. The number of hydrogen-bond donors (Lipinski definition) is 0. The molecule has 2 aromatic rings. The van der Waals surface area contributed by atoms with Gasteiger partial charge in [0.15, 0.2) is 0 Å². The van der Waals surface area contributed by atoms with E-state index in [1.54, 1.807) is 36.4 Å². The van der Waals surface area contributed by atoms with Crippen molar-refractivity contribution in [2.24, 2.45) is 0 Å². The molecule has 0 aliphatic heterocycles. The van der Waals surface area contributed by atoms with Crippen LogP contribution >= 0.6 is 0 Å². The molecule has 0 fully saturated rings. The quantitative estimate of drug-likeness (QED) is 0.755. The van der Waals surface area contributed by atoms with Crippen LogP contribution in [0.2, 0.25) is 0 Å². The lowest BCUT2D eigenvalue weighted by atomic mass is 10.2. The van der Waals surface area contributed by atoms with E-state index in [4.69, 9.17) is 0 Å². The Kier molecular flexibility index (Phi) is 5.15. The Morgan fingerprint density at radius 2 is 1.42 bits per heavy atom. The number of sulfone groups is 1. The number of alkyl halides is 3. The molecule has 0 bridgehead atoms. The molecule has 0 aliphatic carbocycles. The fraction of sp³-hybridized carbons (Fsp3) is 0.111. The van der Waals surface area contributed by atoms with Gasteiger partial charge in [-0.3, -0.25) is 0 Å². The number of allylic oxidation sites excluding steroid dienone is 2. The number of benzene rings is 2. The van der Waals surface area contributed by atoms with Crippen LogP contribution < -0.4 is 0 Å². The van der Waals surface area contributed by atoms with E-state index in [0.29, 0.717) is 5.56 Å². The average molecular weight is 350 g/mol. The van der Waals surface area contributed by atoms with Crippen LogP contribution in [0.1, 0.15) is 12.5 Å². The zero-order chi connectivity index (χ0) is 17.8. The van der Waals surface area contributed by atoms with Crippen molar-refractivity contribution in [2.75, 3.05) is 0 Å². The largest absolute Gasteiger partial charge is 0.425 e. The number of halogens is 3. The Bertz CT molecular complexity index is 901. The highest BCUT2D eigenvalue weighted by Crippen LogP contribution is 2.32. The third-order valence-electron chi connectivity index (χ3n) is 3.20. The molecular weight excluding hydrogens is 337 g/mol. The first-order valence-corrected chi connectivity index (χ1v) is 8.36. The van der Waals surface area contributed by atoms with Crippen LogP contribution in [0, 0.1) is 11.8 Å². The van der Waals surface area contributed by atoms with Gasteiger partial charge in [0, 0.05) is 5.56 Å². The number of rotatable bonds is 2. The minimum atomic E-state index is -4.87. The van der Waals surface area contributed by atoms with Gasteiger partial charge in [0.2, 0.25) is 9.84 Å². The topological polar surface area (TPSA) is 34.1 Å². The van der Waals surface area contributed by atoms with Crippen LogP contribution in [-0.2, 0) is 9.84 Å². The molecule has 0 unspecified atom stereocenters. The molecule has 0 amide bonds. The summed E-state index contributed by atoms with van der Waals surface area (Å²) in [5, 5.41) is 0. The SMILES string of the molecule is C/C(=C(\C#Cc1ccccc1)C(F)(F)F)S(=O)(=O)c1ccccc1. The van der Waals surface area contributed by atoms with Crippen LogP contribution in [0.5, 0.6) is 0 Å². The minimum Gasteiger partial charge on any atom is -0.219 e. The van der Waals surface area contributed by atoms with Crippen LogP contribution in [-0.4, -0.2) is 14.6 Å². The molecule has 2 rings (SSSR count). The Morgan fingerprint density at radius 1 is 0.917 bits per heavy atom. The highest BCUT2D eigenvalue weighted by atomic mass is 32.2. The Morgan fingerprint density at radius 3 is 1.92 bits per heavy atom. The monoisotopic (exact) mass is 350 g/mol. The molecule has 0 saturated carbocycles. The fourth-order valence-electron chi connectivity index (χ4n) is 1.93. The molecule has 2 nitrogen and oxygen atoms in total. The van der Waals surface area contributed by atoms with Crippen molar-refractivity contribution in [2.45, 2.75) is 18.0 Å². The van der Waals surface area contributed by atoms with Crippen LogP contribution in [0.4, 0.5) is 13.2 Å². The second-order valence-electron chi connectivity index (χ2n) is 4.86. The summed E-state index contributed by atoms with van der Waals surface area (Å²) in [5.41, 5.74) is -1.00. The first-order chi connectivity index (χ1) is 11.2. The van der Waals surface area contributed by atoms with Crippen LogP contribution in [0.15, 0.2) is 76.0 Å². The van der Waals surface area contributed by atoms with Gasteiger partial charge in [-0.2, -0.15) is 13.2 Å². The van der Waals surface area contributed by atoms with Crippen molar-refractivity contribution in [1.82, 2.24) is 0 Å². The van der Waals surface area contributed by atoms with Gasteiger partial charge in [0.05, 0.1) is 9.80 Å². The van der Waals surface area contributed by atoms with Gasteiger partial charge in [-0.15, -0.1) is 0 Å². The summed E-state index contributed by atoms with van der Waals surface area (Å²) >= 11 is 0. The Hall–Kier alpha value is -2.52. The van der Waals surface area contributed by atoms with Crippen molar-refractivity contribution < 1.29 is 21.6 Å². The van der Waals surface area contributed by atoms with Gasteiger partial charge in [0.1, 0.15) is 5.57 Å². The van der Waals surface area contributed by atoms with Gasteiger partial charge in [0.25, 0.3) is 0 Å². The summed E-state index contributed by atoms with van der Waals surface area (Å²) in [4.78, 5) is -1.02. The maximum absolute atomic E-state index is 13.3. The second kappa shape index (κ2) is 6.93. The number of hydrogen-bond acceptors (Lipinski definition) is 2. The molecule has 0 spiro atoms. The lowest BCUT2D eigenvalue weighted by Crippen LogP contribution is -2.16. The Labute approximate surface area is 138 Å². The van der Waals surface area contributed by atoms with Crippen molar-refractivity contribution in [1.29, 1.82) is 0 Å². The molecule has 0 aliphatic rings. The van der Waals surface area contributed by atoms with Gasteiger partial charge in [-0.25, -0.2) is 8.42 Å². The summed E-state index contributed by atoms with van der Waals surface area (Å²) in [6.45, 7) is 0.921. The summed E-state index contributed by atoms with van der Waals surface area (Å²) < 4.78 is 64.7. The molecule has 2 aromatic carbocycles. The molecule has 0 radical (unpaired) electrons. The van der Waals surface area contributed by atoms with Gasteiger partial charge in [-0.05, 0) is 31.2 Å². The summed E-state index contributed by atoms with van der Waals surface area (Å²) in [6.07, 6.45) is -4.87. The van der Waals surface area contributed by atoms with Crippen LogP contribution in [0.25, 0.3) is 0 Å². The van der Waals surface area contributed by atoms with E-state index < -0.39 is 26.5 Å². The molecule has 124 valence electrons. The smallest absolute Gasteiger partial charge is 0.219 e. The third-order valence-corrected chi connectivity index (χ3v) is 5.10. The van der Waals surface area contributed by atoms with Crippen molar-refractivity contribution in [3.63, 3.8) is 0 Å². The lowest BCUT2D eigenvalue weighted by Gasteiger charge is -2.11. The zero-order valence-corrected chi connectivity index (χ0v) is 13.4. The normalized spacial score (nSPS) is 12.8. The highest BCUT2D eigenvalue weighted by Gasteiger charge is 2.38. The summed E-state index contributed by atoms with van der Waals surface area (Å²) in [6, 6.07) is 15.0. The summed E-state index contributed by atoms with van der Waals surface area (Å²) in [7, 11) is -4.27. The maximum Gasteiger partial charge on any atom is 0.425 e. The second-order valence-corrected chi connectivity index (χ2v) is 6.95. The molecule has 0 saturated heterocycles. The maximum atomic E-state index is 13.3. The van der Waals surface area contributed by atoms with E-state index in [1.807, 2.05) is 5.92 Å². The van der Waals surface area contributed by atoms with Gasteiger partial charge < -0.3 is 0 Å². The first kappa shape index (κ1) is 17.8. The van der Waals surface area contributed by atoms with E-state index in [0.717, 1.165) is 6.92 Å². The van der Waals surface area contributed by atoms with Gasteiger partial charge in [-0.1, -0.05) is 48.2 Å². The predicted molar refractivity (Wildman–Crippen MR) is 85.7 cm³/mol. The first-order valence-electron chi connectivity index (χ1n) is 6.88. The van der Waals surface area contributed by atoms with Crippen molar-refractivity contribution >= 4 is 9.84 Å². The van der Waals surface area contributed by atoms with Crippen molar-refractivity contribution in [3.8, 4) is 11.8 Å². The molecule has 24 heavy (non-hydrogen) atoms. The highest BCUT2D eigenvalue weighted by molar-refractivity contribution is 7.95. The van der Waals surface area contributed by atoms with Crippen molar-refractivity contribution in [3.05, 3.63) is 76.7 Å². The van der Waals surface area contributed by atoms with E-state index >= 15 is 0 Å². The molecule has 6 heteroatoms. The van der Waals surface area contributed by atoms with E-state index in [-0.39, 0.29) is 4.90 Å². The summed E-state index contributed by atoms with van der Waals surface area (Å²) in [5.74, 6) is 4.34. The molecule has 0 N–H and O–H groups in total. The molecule has 0 aromatic heterocycles. The Balaban J connectivity index is 2.59. The zero-order valence-electron chi connectivity index (χ0n) is 12.6. The fourth-order valence-corrected chi connectivity index (χ4v) is 3.23. The molecule has 0 atom stereocenters. The predicted octanol–water partition coefficient (Wildman–Crippen LogP) is 4.35. The molecular formula is C18H13F3O2S. The molecule has 0 heterocycles. The van der Waals surface area contributed by atoms with Gasteiger partial charge >= 0.3 is 6.18 Å². The van der Waals surface area contributed by atoms with E-state index in [1.165, 1.54) is 24.3 Å². The van der Waals surface area contributed by atoms with E-state index in [9.17, 15) is 21.6 Å². The van der Waals surface area contributed by atoms with E-state index in [2.05, 4.69) is 5.92 Å². The average Bonchev–Trinajstić information content (AvgIpc) is 2.55. The lowest BCUT2D eigenvalue weighted by molar-refractivity contribution is -0.0875. The standard InChI is InChI=1S/C18H13F3O2S/c1-14(24(22,23)16-10-6-3-7-11-16)17(18(19,20)21)13-12-15-8-4-2-5-9-15/h2-11H,1H3/b17-14-. The minimum absolute atomic E-state index is 0.203.